The predicted molar refractivity (Wildman–Crippen MR) is 60.7 cm³/mol. The number of methoxy groups -OCH3 is 1. The van der Waals surface area contributed by atoms with E-state index in [-0.39, 0.29) is 5.97 Å². The van der Waals surface area contributed by atoms with Gasteiger partial charge in [0.2, 0.25) is 0 Å². The number of carbonyl (C=O) groups is 1. The zero-order valence-electron chi connectivity index (χ0n) is 9.19. The summed E-state index contributed by atoms with van der Waals surface area (Å²) in [6.07, 6.45) is 5.03. The highest BCUT2D eigenvalue weighted by Crippen LogP contribution is 2.04. The molecule has 0 unspecified atom stereocenters. The van der Waals surface area contributed by atoms with E-state index in [1.165, 1.54) is 18.2 Å². The van der Waals surface area contributed by atoms with Gasteiger partial charge < -0.3 is 4.74 Å². The van der Waals surface area contributed by atoms with Crippen LogP contribution in [0.15, 0.2) is 36.4 Å². The van der Waals surface area contributed by atoms with Gasteiger partial charge >= 0.3 is 5.97 Å². The molecule has 0 bridgehead atoms. The molecule has 0 spiro atoms. The van der Waals surface area contributed by atoms with E-state index in [0.29, 0.717) is 6.42 Å². The van der Waals surface area contributed by atoms with Crippen molar-refractivity contribution >= 4 is 5.97 Å². The molecular formula is C13H16O2. The molecule has 1 aromatic carbocycles. The van der Waals surface area contributed by atoms with Gasteiger partial charge in [0.05, 0.1) is 13.5 Å². The van der Waals surface area contributed by atoms with Gasteiger partial charge in [-0.05, 0) is 18.9 Å². The van der Waals surface area contributed by atoms with Crippen molar-refractivity contribution in [3.63, 3.8) is 0 Å². The van der Waals surface area contributed by atoms with Gasteiger partial charge in [0.25, 0.3) is 0 Å². The Morgan fingerprint density at radius 3 is 2.53 bits per heavy atom. The van der Waals surface area contributed by atoms with Crippen LogP contribution in [-0.2, 0) is 16.0 Å². The lowest BCUT2D eigenvalue weighted by atomic mass is 10.1. The molecule has 1 aromatic rings. The molecule has 0 atom stereocenters. The summed E-state index contributed by atoms with van der Waals surface area (Å²) in [5.74, 6) is -0.199. The zero-order chi connectivity index (χ0) is 11.1. The Balaban J connectivity index is 2.37. The lowest BCUT2D eigenvalue weighted by Gasteiger charge is -1.97. The molecule has 0 saturated carbocycles. The lowest BCUT2D eigenvalue weighted by Crippen LogP contribution is -1.96. The van der Waals surface area contributed by atoms with Gasteiger partial charge in [0, 0.05) is 0 Å². The fourth-order valence-electron chi connectivity index (χ4n) is 1.21. The monoisotopic (exact) mass is 204 g/mol. The van der Waals surface area contributed by atoms with Crippen molar-refractivity contribution in [3.05, 3.63) is 47.5 Å². The molecule has 2 heteroatoms. The van der Waals surface area contributed by atoms with Crippen molar-refractivity contribution in [1.82, 2.24) is 0 Å². The van der Waals surface area contributed by atoms with Gasteiger partial charge in [-0.2, -0.15) is 0 Å². The number of hydrogen-bond acceptors (Lipinski definition) is 2. The standard InChI is InChI=1S/C13H16O2/c1-11-7-9-12(10-8-11)5-3-4-6-13(14)15-2/h3-4,7-10H,5-6H2,1-2H3/b4-3-. The van der Waals surface area contributed by atoms with Crippen LogP contribution in [0, 0.1) is 6.92 Å². The Labute approximate surface area is 90.6 Å². The molecule has 0 aliphatic heterocycles. The minimum Gasteiger partial charge on any atom is -0.469 e. The van der Waals surface area contributed by atoms with Crippen LogP contribution in [0.25, 0.3) is 0 Å². The average Bonchev–Trinajstić information content (AvgIpc) is 2.26. The van der Waals surface area contributed by atoms with Crippen molar-refractivity contribution in [2.24, 2.45) is 0 Å². The molecule has 0 N–H and O–H groups in total. The first kappa shape index (κ1) is 11.5. The van der Waals surface area contributed by atoms with Crippen LogP contribution in [0.1, 0.15) is 17.5 Å². The number of aryl methyl sites for hydroxylation is 1. The quantitative estimate of drug-likeness (QED) is 0.556. The Bertz CT molecular complexity index is 336. The maximum atomic E-state index is 10.8. The highest BCUT2D eigenvalue weighted by atomic mass is 16.5. The van der Waals surface area contributed by atoms with Crippen LogP contribution in [0.2, 0.25) is 0 Å². The second-order valence-corrected chi connectivity index (χ2v) is 3.44. The average molecular weight is 204 g/mol. The van der Waals surface area contributed by atoms with Crippen LogP contribution in [0.5, 0.6) is 0 Å². The van der Waals surface area contributed by atoms with E-state index in [1.807, 2.05) is 12.2 Å². The Kier molecular flexibility index (Phi) is 4.61. The van der Waals surface area contributed by atoms with E-state index in [2.05, 4.69) is 35.9 Å². The van der Waals surface area contributed by atoms with Gasteiger partial charge in [-0.1, -0.05) is 42.0 Å². The first-order valence-electron chi connectivity index (χ1n) is 4.99. The number of esters is 1. The van der Waals surface area contributed by atoms with E-state index in [4.69, 9.17) is 0 Å². The lowest BCUT2D eigenvalue weighted by molar-refractivity contribution is -0.139. The summed E-state index contributed by atoms with van der Waals surface area (Å²) in [4.78, 5) is 10.8. The molecule has 80 valence electrons. The fourth-order valence-corrected chi connectivity index (χ4v) is 1.21. The third kappa shape index (κ3) is 4.45. The number of allylic oxidation sites excluding steroid dienone is 1. The Morgan fingerprint density at radius 2 is 1.93 bits per heavy atom. The van der Waals surface area contributed by atoms with Crippen LogP contribution < -0.4 is 0 Å². The highest BCUT2D eigenvalue weighted by molar-refractivity contribution is 5.70. The summed E-state index contributed by atoms with van der Waals surface area (Å²) < 4.78 is 4.53. The summed E-state index contributed by atoms with van der Waals surface area (Å²) in [6, 6.07) is 8.36. The molecule has 0 saturated heterocycles. The molecule has 0 fully saturated rings. The number of ether oxygens (including phenoxy) is 1. The van der Waals surface area contributed by atoms with Crippen molar-refractivity contribution in [2.75, 3.05) is 7.11 Å². The number of hydrogen-bond donors (Lipinski definition) is 0. The number of benzene rings is 1. The van der Waals surface area contributed by atoms with Crippen LogP contribution in [0.3, 0.4) is 0 Å². The SMILES string of the molecule is COC(=O)C/C=C\Cc1ccc(C)cc1. The van der Waals surface area contributed by atoms with Crippen molar-refractivity contribution in [2.45, 2.75) is 19.8 Å². The largest absolute Gasteiger partial charge is 0.469 e. The van der Waals surface area contributed by atoms with Crippen LogP contribution in [-0.4, -0.2) is 13.1 Å². The molecule has 2 nitrogen and oxygen atoms in total. The van der Waals surface area contributed by atoms with Crippen molar-refractivity contribution in [3.8, 4) is 0 Å². The van der Waals surface area contributed by atoms with E-state index in [0.717, 1.165) is 6.42 Å². The summed E-state index contributed by atoms with van der Waals surface area (Å²) in [5, 5.41) is 0. The summed E-state index contributed by atoms with van der Waals surface area (Å²) in [7, 11) is 1.40. The van der Waals surface area contributed by atoms with E-state index < -0.39 is 0 Å². The van der Waals surface area contributed by atoms with Gasteiger partial charge in [0.1, 0.15) is 0 Å². The third-order valence-electron chi connectivity index (χ3n) is 2.15. The zero-order valence-corrected chi connectivity index (χ0v) is 9.19. The summed E-state index contributed by atoms with van der Waals surface area (Å²) in [5.41, 5.74) is 2.51. The predicted octanol–water partition coefficient (Wildman–Crippen LogP) is 2.66. The highest BCUT2D eigenvalue weighted by Gasteiger charge is 1.93. The van der Waals surface area contributed by atoms with Crippen molar-refractivity contribution in [1.29, 1.82) is 0 Å². The molecule has 0 aliphatic carbocycles. The third-order valence-corrected chi connectivity index (χ3v) is 2.15. The first-order chi connectivity index (χ1) is 7.22. The van der Waals surface area contributed by atoms with Gasteiger partial charge in [-0.25, -0.2) is 0 Å². The molecule has 0 aliphatic rings. The van der Waals surface area contributed by atoms with Crippen LogP contribution in [0.4, 0.5) is 0 Å². The maximum Gasteiger partial charge on any atom is 0.309 e. The van der Waals surface area contributed by atoms with Gasteiger partial charge in [-0.15, -0.1) is 0 Å². The minimum absolute atomic E-state index is 0.199. The van der Waals surface area contributed by atoms with Gasteiger partial charge in [0.15, 0.2) is 0 Å². The molecule has 0 heterocycles. The summed E-state index contributed by atoms with van der Waals surface area (Å²) in [6.45, 7) is 2.07. The van der Waals surface area contributed by atoms with Gasteiger partial charge in [-0.3, -0.25) is 4.79 Å². The second kappa shape index (κ2) is 6.02. The topological polar surface area (TPSA) is 26.3 Å². The first-order valence-corrected chi connectivity index (χ1v) is 4.99. The van der Waals surface area contributed by atoms with E-state index in [9.17, 15) is 4.79 Å². The molecular weight excluding hydrogens is 188 g/mol. The fraction of sp³-hybridized carbons (Fsp3) is 0.308. The Morgan fingerprint density at radius 1 is 1.27 bits per heavy atom. The molecule has 15 heavy (non-hydrogen) atoms. The number of rotatable bonds is 4. The maximum absolute atomic E-state index is 10.8. The molecule has 0 amide bonds. The smallest absolute Gasteiger partial charge is 0.309 e. The van der Waals surface area contributed by atoms with Crippen LogP contribution >= 0.6 is 0 Å². The minimum atomic E-state index is -0.199. The molecule has 0 aromatic heterocycles. The summed E-state index contributed by atoms with van der Waals surface area (Å²) >= 11 is 0. The Hall–Kier alpha value is -1.57. The van der Waals surface area contributed by atoms with E-state index in [1.54, 1.807) is 0 Å². The van der Waals surface area contributed by atoms with Crippen molar-refractivity contribution < 1.29 is 9.53 Å². The second-order valence-electron chi connectivity index (χ2n) is 3.44. The molecule has 1 rings (SSSR count). The normalized spacial score (nSPS) is 10.5. The van der Waals surface area contributed by atoms with E-state index >= 15 is 0 Å². The number of carbonyl (C=O) groups excluding carboxylic acids is 1. The molecule has 0 radical (unpaired) electrons.